The molecule has 0 bridgehead atoms. The van der Waals surface area contributed by atoms with Crippen molar-refractivity contribution in [3.05, 3.63) is 24.3 Å². The Kier molecular flexibility index (Phi) is 7.38. The zero-order valence-electron chi connectivity index (χ0n) is 15.2. The molecule has 0 heterocycles. The number of hydrogen-bond donors (Lipinski definition) is 2. The Hall–Kier alpha value is -2.61. The predicted octanol–water partition coefficient (Wildman–Crippen LogP) is 2.08. The second-order valence-corrected chi connectivity index (χ2v) is 6.44. The minimum atomic E-state index is -0.620. The minimum absolute atomic E-state index is 0.0323. The maximum Gasteiger partial charge on any atom is 0.410 e. The summed E-state index contributed by atoms with van der Waals surface area (Å²) in [5, 5.41) is 5.32. The Bertz CT molecular complexity index is 608. The van der Waals surface area contributed by atoms with Crippen molar-refractivity contribution in [1.29, 1.82) is 0 Å². The highest BCUT2D eigenvalue weighted by Gasteiger charge is 2.21. The Labute approximate surface area is 147 Å². The van der Waals surface area contributed by atoms with Gasteiger partial charge in [0.05, 0.1) is 0 Å². The first-order valence-corrected chi connectivity index (χ1v) is 7.73. The highest BCUT2D eigenvalue weighted by molar-refractivity contribution is 5.95. The highest BCUT2D eigenvalue weighted by Crippen LogP contribution is 2.14. The van der Waals surface area contributed by atoms with Gasteiger partial charge in [-0.3, -0.25) is 9.59 Å². The molecule has 0 aliphatic heterocycles. The molecule has 0 aliphatic rings. The molecule has 8 nitrogen and oxygen atoms in total. The fourth-order valence-corrected chi connectivity index (χ4v) is 1.79. The van der Waals surface area contributed by atoms with Crippen molar-refractivity contribution >= 4 is 29.3 Å². The number of anilines is 2. The van der Waals surface area contributed by atoms with Crippen molar-refractivity contribution in [2.75, 3.05) is 37.9 Å². The molecule has 138 valence electrons. The lowest BCUT2D eigenvalue weighted by atomic mass is 10.2. The van der Waals surface area contributed by atoms with Gasteiger partial charge in [0.2, 0.25) is 11.8 Å². The molecule has 0 spiro atoms. The van der Waals surface area contributed by atoms with Crippen LogP contribution >= 0.6 is 0 Å². The van der Waals surface area contributed by atoms with E-state index in [1.54, 1.807) is 45.0 Å². The van der Waals surface area contributed by atoms with Crippen molar-refractivity contribution in [2.24, 2.45) is 0 Å². The van der Waals surface area contributed by atoms with E-state index in [2.05, 4.69) is 10.6 Å². The van der Waals surface area contributed by atoms with Crippen molar-refractivity contribution < 1.29 is 23.9 Å². The third-order valence-corrected chi connectivity index (χ3v) is 2.81. The number of hydrogen-bond acceptors (Lipinski definition) is 5. The van der Waals surface area contributed by atoms with Crippen molar-refractivity contribution in [3.63, 3.8) is 0 Å². The zero-order valence-corrected chi connectivity index (χ0v) is 15.2. The number of amides is 3. The number of nitrogens with one attached hydrogen (secondary N) is 2. The van der Waals surface area contributed by atoms with Gasteiger partial charge in [0, 0.05) is 25.5 Å². The molecule has 0 radical (unpaired) electrons. The zero-order chi connectivity index (χ0) is 19.0. The summed E-state index contributed by atoms with van der Waals surface area (Å²) in [4.78, 5) is 36.4. The smallest absolute Gasteiger partial charge is 0.410 e. The molecule has 3 amide bonds. The molecular weight excluding hydrogens is 326 g/mol. The second kappa shape index (κ2) is 9.03. The van der Waals surface area contributed by atoms with Crippen molar-refractivity contribution in [1.82, 2.24) is 4.90 Å². The normalized spacial score (nSPS) is 10.8. The van der Waals surface area contributed by atoms with E-state index in [9.17, 15) is 14.4 Å². The number of benzene rings is 1. The van der Waals surface area contributed by atoms with Gasteiger partial charge in [0.25, 0.3) is 0 Å². The van der Waals surface area contributed by atoms with Crippen LogP contribution in [0.5, 0.6) is 0 Å². The van der Waals surface area contributed by atoms with Gasteiger partial charge in [-0.1, -0.05) is 0 Å². The van der Waals surface area contributed by atoms with Crippen LogP contribution in [0.4, 0.5) is 16.2 Å². The molecule has 1 aromatic carbocycles. The first-order chi connectivity index (χ1) is 11.6. The minimum Gasteiger partial charge on any atom is -0.444 e. The third kappa shape index (κ3) is 8.16. The highest BCUT2D eigenvalue weighted by atomic mass is 16.6. The summed E-state index contributed by atoms with van der Waals surface area (Å²) in [5.74, 6) is -0.622. The van der Waals surface area contributed by atoms with E-state index in [1.165, 1.54) is 19.1 Å². The summed E-state index contributed by atoms with van der Waals surface area (Å²) in [5.41, 5.74) is 0.517. The maximum atomic E-state index is 12.0. The van der Waals surface area contributed by atoms with Crippen LogP contribution in [0.3, 0.4) is 0 Å². The van der Waals surface area contributed by atoms with E-state index in [1.807, 2.05) is 0 Å². The van der Waals surface area contributed by atoms with Crippen LogP contribution in [-0.4, -0.2) is 55.7 Å². The molecule has 0 atom stereocenters. The van der Waals surface area contributed by atoms with E-state index in [-0.39, 0.29) is 25.0 Å². The van der Waals surface area contributed by atoms with Crippen LogP contribution in [0.2, 0.25) is 0 Å². The number of methoxy groups -OCH3 is 1. The predicted molar refractivity (Wildman–Crippen MR) is 94.4 cm³/mol. The van der Waals surface area contributed by atoms with Crippen molar-refractivity contribution in [2.45, 2.75) is 26.4 Å². The van der Waals surface area contributed by atoms with Crippen LogP contribution in [0.15, 0.2) is 24.3 Å². The SMILES string of the molecule is COCC(=O)Nc1ccc(NC(=O)CN(C)C(=O)OC(C)(C)C)cc1. The van der Waals surface area contributed by atoms with Gasteiger partial charge in [-0.2, -0.15) is 0 Å². The number of likely N-dealkylation sites (N-methyl/N-ethyl adjacent to an activating group) is 1. The van der Waals surface area contributed by atoms with Crippen LogP contribution in [0.1, 0.15) is 20.8 Å². The van der Waals surface area contributed by atoms with E-state index < -0.39 is 11.7 Å². The molecule has 25 heavy (non-hydrogen) atoms. The molecular formula is C17H25N3O5. The summed E-state index contributed by atoms with van der Waals surface area (Å²) in [6.07, 6.45) is -0.571. The Balaban J connectivity index is 2.51. The van der Waals surface area contributed by atoms with Crippen molar-refractivity contribution in [3.8, 4) is 0 Å². The number of carbonyl (C=O) groups excluding carboxylic acids is 3. The van der Waals surface area contributed by atoms with E-state index in [0.717, 1.165) is 0 Å². The van der Waals surface area contributed by atoms with E-state index in [4.69, 9.17) is 9.47 Å². The summed E-state index contributed by atoms with van der Waals surface area (Å²) in [6, 6.07) is 6.60. The summed E-state index contributed by atoms with van der Waals surface area (Å²) < 4.78 is 9.91. The van der Waals surface area contributed by atoms with Gasteiger partial charge < -0.3 is 25.0 Å². The first kappa shape index (κ1) is 20.4. The van der Waals surface area contributed by atoms with Gasteiger partial charge in [-0.25, -0.2) is 4.79 Å². The number of rotatable bonds is 6. The molecule has 0 unspecified atom stereocenters. The lowest BCUT2D eigenvalue weighted by Gasteiger charge is -2.24. The van der Waals surface area contributed by atoms with Crippen LogP contribution < -0.4 is 10.6 Å². The fraction of sp³-hybridized carbons (Fsp3) is 0.471. The molecule has 0 fully saturated rings. The maximum absolute atomic E-state index is 12.0. The largest absolute Gasteiger partial charge is 0.444 e. The molecule has 2 N–H and O–H groups in total. The number of ether oxygens (including phenoxy) is 2. The molecule has 1 rings (SSSR count). The molecule has 0 aliphatic carbocycles. The Morgan fingerprint density at radius 2 is 1.48 bits per heavy atom. The van der Waals surface area contributed by atoms with Gasteiger partial charge >= 0.3 is 6.09 Å². The Morgan fingerprint density at radius 3 is 1.92 bits per heavy atom. The van der Waals surface area contributed by atoms with Crippen LogP contribution in [0, 0.1) is 0 Å². The second-order valence-electron chi connectivity index (χ2n) is 6.44. The van der Waals surface area contributed by atoms with Gasteiger partial charge in [0.15, 0.2) is 0 Å². The van der Waals surface area contributed by atoms with Gasteiger partial charge in [-0.05, 0) is 45.0 Å². The van der Waals surface area contributed by atoms with E-state index >= 15 is 0 Å². The topological polar surface area (TPSA) is 97.0 Å². The molecule has 0 saturated carbocycles. The van der Waals surface area contributed by atoms with Crippen LogP contribution in [-0.2, 0) is 19.1 Å². The average Bonchev–Trinajstić information content (AvgIpc) is 2.47. The summed E-state index contributed by atoms with van der Waals surface area (Å²) in [6.45, 7) is 5.10. The monoisotopic (exact) mass is 351 g/mol. The standard InChI is InChI=1S/C17H25N3O5/c1-17(2,3)25-16(23)20(4)10-14(21)18-12-6-8-13(9-7-12)19-15(22)11-24-5/h6-9H,10-11H2,1-5H3,(H,18,21)(H,19,22). The van der Waals surface area contributed by atoms with Gasteiger partial charge in [-0.15, -0.1) is 0 Å². The number of nitrogens with zero attached hydrogens (tertiary/aromatic N) is 1. The van der Waals surface area contributed by atoms with E-state index in [0.29, 0.717) is 11.4 Å². The lowest BCUT2D eigenvalue weighted by molar-refractivity contribution is -0.119. The molecule has 0 aromatic heterocycles. The van der Waals surface area contributed by atoms with Gasteiger partial charge in [0.1, 0.15) is 18.8 Å². The fourth-order valence-electron chi connectivity index (χ4n) is 1.79. The third-order valence-electron chi connectivity index (χ3n) is 2.81. The molecule has 1 aromatic rings. The Morgan fingerprint density at radius 1 is 1.00 bits per heavy atom. The quantitative estimate of drug-likeness (QED) is 0.818. The average molecular weight is 351 g/mol. The molecule has 8 heteroatoms. The number of carbonyl (C=O) groups is 3. The summed E-state index contributed by atoms with van der Waals surface area (Å²) in [7, 11) is 2.93. The first-order valence-electron chi connectivity index (χ1n) is 7.73. The summed E-state index contributed by atoms with van der Waals surface area (Å²) >= 11 is 0. The lowest BCUT2D eigenvalue weighted by Crippen LogP contribution is -2.38. The van der Waals surface area contributed by atoms with Crippen LogP contribution in [0.25, 0.3) is 0 Å². The molecule has 0 saturated heterocycles.